The third-order valence-electron chi connectivity index (χ3n) is 5.84. The Balaban J connectivity index is 1.52. The number of hydrogen-bond donors (Lipinski definition) is 1. The summed E-state index contributed by atoms with van der Waals surface area (Å²) in [5, 5.41) is 0. The third kappa shape index (κ3) is 6.04. The number of allylic oxidation sites excluding steroid dienone is 2. The number of quaternary nitrogens is 1. The zero-order valence-electron chi connectivity index (χ0n) is 19.8. The van der Waals surface area contributed by atoms with Gasteiger partial charge in [0.05, 0.1) is 6.54 Å². The van der Waals surface area contributed by atoms with Crippen LogP contribution >= 0.6 is 0 Å². The highest BCUT2D eigenvalue weighted by atomic mass is 32.2. The van der Waals surface area contributed by atoms with Crippen molar-refractivity contribution in [1.29, 1.82) is 0 Å². The fraction of sp³-hybridized carbons (Fsp3) is 0.185. The van der Waals surface area contributed by atoms with Gasteiger partial charge in [-0.25, -0.2) is 0 Å². The molecule has 1 atom stereocenters. The molecule has 2 N–H and O–H groups in total. The summed E-state index contributed by atoms with van der Waals surface area (Å²) in [6.07, 6.45) is -0.348. The predicted octanol–water partition coefficient (Wildman–Crippen LogP) is 5.67. The molecule has 3 aromatic carbocycles. The molecule has 0 spiro atoms. The van der Waals surface area contributed by atoms with Gasteiger partial charge in [-0.3, -0.25) is 0 Å². The number of hydrogen-bond acceptors (Lipinski definition) is 5. The number of ether oxygens (including phenoxy) is 2. The highest BCUT2D eigenvalue weighted by Gasteiger charge is 2.52. The molecule has 10 heteroatoms. The van der Waals surface area contributed by atoms with Crippen LogP contribution in [0.25, 0.3) is 0 Å². The van der Waals surface area contributed by atoms with Crippen molar-refractivity contribution in [1.82, 2.24) is 3.89 Å². The summed E-state index contributed by atoms with van der Waals surface area (Å²) in [7, 11) is -4.76. The molecule has 0 aliphatic carbocycles. The zero-order chi connectivity index (χ0) is 26.5. The lowest BCUT2D eigenvalue weighted by atomic mass is 10.2. The fourth-order valence-corrected chi connectivity index (χ4v) is 6.00. The van der Waals surface area contributed by atoms with E-state index >= 15 is 0 Å². The lowest BCUT2D eigenvalue weighted by Crippen LogP contribution is -2.58. The van der Waals surface area contributed by atoms with Crippen LogP contribution in [-0.2, 0) is 16.6 Å². The number of benzene rings is 3. The van der Waals surface area contributed by atoms with Crippen molar-refractivity contribution in [2.24, 2.45) is 5.73 Å². The topological polar surface area (TPSA) is 78.6 Å². The van der Waals surface area contributed by atoms with E-state index in [1.165, 1.54) is 36.4 Å². The van der Waals surface area contributed by atoms with Crippen LogP contribution in [-0.4, -0.2) is 33.4 Å². The summed E-state index contributed by atoms with van der Waals surface area (Å²) < 4.78 is 76.5. The fourth-order valence-electron chi connectivity index (χ4n) is 4.12. The molecule has 4 rings (SSSR count). The van der Waals surface area contributed by atoms with Crippen LogP contribution in [0.2, 0.25) is 0 Å². The molecular weight excluding hydrogens is 505 g/mol. The van der Waals surface area contributed by atoms with Crippen molar-refractivity contribution in [3.05, 3.63) is 108 Å². The molecule has 3 aromatic rings. The van der Waals surface area contributed by atoms with Crippen molar-refractivity contribution in [3.8, 4) is 17.2 Å². The summed E-state index contributed by atoms with van der Waals surface area (Å²) in [5.41, 5.74) is 7.10. The molecule has 6 nitrogen and oxygen atoms in total. The second-order valence-corrected chi connectivity index (χ2v) is 10.5. The largest absolute Gasteiger partial charge is 0.489 e. The summed E-state index contributed by atoms with van der Waals surface area (Å²) in [6.45, 7) is -0.00135. The number of sulfonamides is 1. The Morgan fingerprint density at radius 3 is 2.05 bits per heavy atom. The van der Waals surface area contributed by atoms with Crippen molar-refractivity contribution >= 4 is 15.7 Å². The van der Waals surface area contributed by atoms with E-state index in [4.69, 9.17) is 15.2 Å². The average molecular weight is 532 g/mol. The van der Waals surface area contributed by atoms with Crippen LogP contribution in [0.15, 0.2) is 103 Å². The van der Waals surface area contributed by atoms with Gasteiger partial charge in [-0.15, -0.1) is 0 Å². The van der Waals surface area contributed by atoms with Gasteiger partial charge in [0.25, 0.3) is 0 Å². The van der Waals surface area contributed by atoms with E-state index in [2.05, 4.69) is 0 Å². The lowest BCUT2D eigenvalue weighted by molar-refractivity contribution is -0.106. The van der Waals surface area contributed by atoms with Gasteiger partial charge in [0.2, 0.25) is 0 Å². The van der Waals surface area contributed by atoms with E-state index < -0.39 is 25.8 Å². The van der Waals surface area contributed by atoms with Gasteiger partial charge >= 0.3 is 16.2 Å². The maximum absolute atomic E-state index is 13.2. The van der Waals surface area contributed by atoms with E-state index in [1.54, 1.807) is 30.3 Å². The Bertz CT molecular complexity index is 1370. The molecule has 37 heavy (non-hydrogen) atoms. The van der Waals surface area contributed by atoms with Crippen molar-refractivity contribution < 1.29 is 31.1 Å². The van der Waals surface area contributed by atoms with Gasteiger partial charge in [-0.1, -0.05) is 36.4 Å². The standard InChI is InChI=1S/C27H26F3N2O4S/c28-27(29,30)20-37(33,34)32(17-5-4-8-23(32)18-31)22-9-11-25(12-10-22)36-26-15-13-24(14-16-26)35-19-21-6-2-1-3-7-21/h1-16H,17-20,31H2/q+1. The highest BCUT2D eigenvalue weighted by Crippen LogP contribution is 2.39. The van der Waals surface area contributed by atoms with E-state index in [0.717, 1.165) is 5.56 Å². The van der Waals surface area contributed by atoms with Crippen LogP contribution in [0.3, 0.4) is 0 Å². The van der Waals surface area contributed by atoms with Gasteiger partial charge in [0, 0.05) is 12.1 Å². The SMILES string of the molecule is NCC1=CC=CC[N+]1(c1ccc(Oc2ccc(OCc3ccccc3)cc2)cc1)S(=O)(=O)CC(F)(F)F. The van der Waals surface area contributed by atoms with E-state index in [1.807, 2.05) is 30.3 Å². The number of alkyl halides is 3. The Morgan fingerprint density at radius 1 is 0.865 bits per heavy atom. The summed E-state index contributed by atoms with van der Waals surface area (Å²) in [5.74, 6) is -0.412. The molecule has 0 radical (unpaired) electrons. The molecule has 0 amide bonds. The van der Waals surface area contributed by atoms with Gasteiger partial charge < -0.3 is 15.2 Å². The minimum Gasteiger partial charge on any atom is -0.489 e. The van der Waals surface area contributed by atoms with E-state index in [0.29, 0.717) is 23.9 Å². The maximum Gasteiger partial charge on any atom is 0.408 e. The smallest absolute Gasteiger partial charge is 0.408 e. The minimum absolute atomic E-state index is 0.141. The average Bonchev–Trinajstić information content (AvgIpc) is 2.88. The van der Waals surface area contributed by atoms with Crippen LogP contribution < -0.4 is 19.1 Å². The van der Waals surface area contributed by atoms with E-state index in [-0.39, 0.29) is 24.5 Å². The molecule has 1 unspecified atom stereocenters. The second kappa shape index (κ2) is 10.8. The normalized spacial score (nSPS) is 17.8. The van der Waals surface area contributed by atoms with Gasteiger partial charge in [0.15, 0.2) is 11.4 Å². The van der Waals surface area contributed by atoms with Crippen LogP contribution in [0.4, 0.5) is 18.9 Å². The number of nitrogens with zero attached hydrogens (tertiary/aromatic N) is 1. The number of halogens is 3. The third-order valence-corrected chi connectivity index (χ3v) is 8.08. The van der Waals surface area contributed by atoms with Gasteiger partial charge in [-0.2, -0.15) is 25.5 Å². The molecule has 0 fully saturated rings. The van der Waals surface area contributed by atoms with Crippen LogP contribution in [0, 0.1) is 0 Å². The lowest BCUT2D eigenvalue weighted by Gasteiger charge is -2.38. The van der Waals surface area contributed by atoms with Gasteiger partial charge in [0.1, 0.15) is 36.1 Å². The molecule has 194 valence electrons. The highest BCUT2D eigenvalue weighted by molar-refractivity contribution is 7.91. The summed E-state index contributed by atoms with van der Waals surface area (Å²) in [6, 6.07) is 22.6. The van der Waals surface area contributed by atoms with Gasteiger partial charge in [-0.05, 0) is 54.1 Å². The first-order valence-electron chi connectivity index (χ1n) is 11.4. The molecule has 0 saturated carbocycles. The summed E-state index contributed by atoms with van der Waals surface area (Å²) >= 11 is 0. The Labute approximate surface area is 213 Å². The Hall–Kier alpha value is -3.60. The Kier molecular flexibility index (Phi) is 7.72. The first-order valence-corrected chi connectivity index (χ1v) is 13.0. The first-order chi connectivity index (χ1) is 17.6. The molecule has 0 saturated heterocycles. The van der Waals surface area contributed by atoms with Crippen molar-refractivity contribution in [2.75, 3.05) is 18.8 Å². The molecule has 1 aliphatic heterocycles. The minimum atomic E-state index is -4.90. The molecule has 1 aliphatic rings. The molecule has 0 bridgehead atoms. The molecule has 0 aromatic heterocycles. The van der Waals surface area contributed by atoms with Crippen molar-refractivity contribution in [2.45, 2.75) is 12.8 Å². The predicted molar refractivity (Wildman–Crippen MR) is 137 cm³/mol. The zero-order valence-corrected chi connectivity index (χ0v) is 20.6. The summed E-state index contributed by atoms with van der Waals surface area (Å²) in [4.78, 5) is 0. The monoisotopic (exact) mass is 531 g/mol. The molecule has 1 heterocycles. The van der Waals surface area contributed by atoms with Crippen LogP contribution in [0.1, 0.15) is 5.56 Å². The number of nitrogens with two attached hydrogens (primary N) is 1. The number of rotatable bonds is 9. The Morgan fingerprint density at radius 2 is 1.46 bits per heavy atom. The first kappa shape index (κ1) is 26.5. The second-order valence-electron chi connectivity index (χ2n) is 8.40. The quantitative estimate of drug-likeness (QED) is 0.360. The maximum atomic E-state index is 13.2. The molecular formula is C27H26F3N2O4S+. The van der Waals surface area contributed by atoms with E-state index in [9.17, 15) is 21.6 Å². The van der Waals surface area contributed by atoms with Crippen molar-refractivity contribution in [3.63, 3.8) is 0 Å². The van der Waals surface area contributed by atoms with Crippen LogP contribution in [0.5, 0.6) is 17.2 Å².